The lowest BCUT2D eigenvalue weighted by atomic mass is 10.0. The van der Waals surface area contributed by atoms with Crippen molar-refractivity contribution in [3.05, 3.63) is 24.5 Å². The third kappa shape index (κ3) is 8.97. The topological polar surface area (TPSA) is 109 Å². The van der Waals surface area contributed by atoms with Crippen molar-refractivity contribution in [2.75, 3.05) is 19.7 Å². The molecule has 3 fully saturated rings. The van der Waals surface area contributed by atoms with E-state index in [1.54, 1.807) is 12.4 Å². The zero-order chi connectivity index (χ0) is 25.5. The summed E-state index contributed by atoms with van der Waals surface area (Å²) in [5.41, 5.74) is 0. The third-order valence-electron chi connectivity index (χ3n) is 5.18. The Bertz CT molecular complexity index is 779. The Balaban J connectivity index is 0.000000244. The number of carboxylic acid groups (broad SMARTS) is 2. The van der Waals surface area contributed by atoms with Crippen LogP contribution in [0.5, 0.6) is 5.75 Å². The molecule has 3 atom stereocenters. The van der Waals surface area contributed by atoms with E-state index in [1.165, 1.54) is 32.2 Å². The second kappa shape index (κ2) is 11.7. The standard InChI is InChI=1S/C16H22N2O2.2C2HF3O2/c1-3-13(9-17-7-1)20-15-11-18(10-12-5-6-12)14-4-2-8-19-16(14)15;2*3-2(4,5)1(6)7/h1,3,7,9,12,14-16H,2,4-6,8,10-11H2;2*(H,6,7)/t14-,15-,16-;;/m0../s1. The second-order valence-corrected chi connectivity index (χ2v) is 7.89. The summed E-state index contributed by atoms with van der Waals surface area (Å²) >= 11 is 0. The molecule has 3 heterocycles. The summed E-state index contributed by atoms with van der Waals surface area (Å²) in [5, 5.41) is 14.2. The highest BCUT2D eigenvalue weighted by Crippen LogP contribution is 2.36. The fraction of sp³-hybridized carbons (Fsp3) is 0.650. The van der Waals surface area contributed by atoms with Crippen LogP contribution in [0.15, 0.2) is 24.5 Å². The Morgan fingerprint density at radius 1 is 1.09 bits per heavy atom. The van der Waals surface area contributed by atoms with Crippen LogP contribution < -0.4 is 4.74 Å². The number of alkyl halides is 6. The molecule has 1 aromatic heterocycles. The van der Waals surface area contributed by atoms with E-state index in [0.29, 0.717) is 6.04 Å². The molecule has 8 nitrogen and oxygen atoms in total. The average Bonchev–Trinajstić information content (AvgIpc) is 3.51. The van der Waals surface area contributed by atoms with Gasteiger partial charge in [-0.15, -0.1) is 0 Å². The monoisotopic (exact) mass is 502 g/mol. The molecule has 0 spiro atoms. The van der Waals surface area contributed by atoms with Crippen molar-refractivity contribution in [3.63, 3.8) is 0 Å². The lowest BCUT2D eigenvalue weighted by molar-refractivity contribution is -0.193. The van der Waals surface area contributed by atoms with Crippen LogP contribution >= 0.6 is 0 Å². The van der Waals surface area contributed by atoms with E-state index in [4.69, 9.17) is 29.3 Å². The number of rotatable bonds is 4. The Hall–Kier alpha value is -2.61. The number of likely N-dealkylation sites (tertiary alicyclic amines) is 1. The molecular weight excluding hydrogens is 478 g/mol. The van der Waals surface area contributed by atoms with Gasteiger partial charge in [0.05, 0.1) is 6.20 Å². The summed E-state index contributed by atoms with van der Waals surface area (Å²) in [6.07, 6.45) is -0.953. The van der Waals surface area contributed by atoms with E-state index in [2.05, 4.69) is 9.88 Å². The predicted molar refractivity (Wildman–Crippen MR) is 103 cm³/mol. The van der Waals surface area contributed by atoms with Crippen molar-refractivity contribution in [2.45, 2.75) is 56.3 Å². The third-order valence-corrected chi connectivity index (χ3v) is 5.18. The molecule has 1 aliphatic carbocycles. The number of carboxylic acids is 2. The summed E-state index contributed by atoms with van der Waals surface area (Å²) in [6.45, 7) is 3.11. The van der Waals surface area contributed by atoms with Crippen LogP contribution in [0.4, 0.5) is 26.3 Å². The highest BCUT2D eigenvalue weighted by Gasteiger charge is 2.46. The molecule has 0 radical (unpaired) electrons. The maximum Gasteiger partial charge on any atom is 0.490 e. The van der Waals surface area contributed by atoms with Crippen LogP contribution in [0.2, 0.25) is 0 Å². The van der Waals surface area contributed by atoms with Crippen LogP contribution in [0, 0.1) is 5.92 Å². The zero-order valence-electron chi connectivity index (χ0n) is 17.8. The number of aliphatic carboxylic acids is 2. The molecule has 2 N–H and O–H groups in total. The lowest BCUT2D eigenvalue weighted by Crippen LogP contribution is -2.43. The van der Waals surface area contributed by atoms with Gasteiger partial charge in [0.15, 0.2) is 0 Å². The molecule has 34 heavy (non-hydrogen) atoms. The van der Waals surface area contributed by atoms with Crippen LogP contribution in [0.25, 0.3) is 0 Å². The number of pyridine rings is 1. The molecule has 0 amide bonds. The summed E-state index contributed by atoms with van der Waals surface area (Å²) in [4.78, 5) is 24.5. The number of halogens is 6. The van der Waals surface area contributed by atoms with Gasteiger partial charge in [0.25, 0.3) is 0 Å². The van der Waals surface area contributed by atoms with Gasteiger partial charge in [-0.25, -0.2) is 9.59 Å². The number of fused-ring (bicyclic) bond motifs is 1. The first kappa shape index (κ1) is 27.6. The minimum Gasteiger partial charge on any atom is -0.485 e. The first-order chi connectivity index (χ1) is 15.8. The fourth-order valence-corrected chi connectivity index (χ4v) is 3.54. The predicted octanol–water partition coefficient (Wildman–Crippen LogP) is 3.37. The van der Waals surface area contributed by atoms with Crippen LogP contribution in [0.3, 0.4) is 0 Å². The summed E-state index contributed by atoms with van der Waals surface area (Å²) < 4.78 is 75.7. The van der Waals surface area contributed by atoms with Crippen LogP contribution in [-0.2, 0) is 14.3 Å². The molecule has 0 aromatic carbocycles. The smallest absolute Gasteiger partial charge is 0.485 e. The van der Waals surface area contributed by atoms with Gasteiger partial charge >= 0.3 is 24.3 Å². The van der Waals surface area contributed by atoms with Crippen molar-refractivity contribution >= 4 is 11.9 Å². The average molecular weight is 502 g/mol. The van der Waals surface area contributed by atoms with Gasteiger partial charge in [-0.2, -0.15) is 26.3 Å². The minimum atomic E-state index is -5.08. The van der Waals surface area contributed by atoms with Gasteiger partial charge < -0.3 is 19.7 Å². The Morgan fingerprint density at radius 3 is 2.15 bits per heavy atom. The van der Waals surface area contributed by atoms with Crippen molar-refractivity contribution in [1.29, 1.82) is 0 Å². The first-order valence-corrected chi connectivity index (χ1v) is 10.3. The van der Waals surface area contributed by atoms with E-state index in [-0.39, 0.29) is 12.2 Å². The molecular formula is C20H24F6N2O6. The minimum absolute atomic E-state index is 0.156. The van der Waals surface area contributed by atoms with Crippen molar-refractivity contribution < 1.29 is 55.6 Å². The molecule has 1 aromatic rings. The van der Waals surface area contributed by atoms with Gasteiger partial charge in [-0.05, 0) is 43.7 Å². The zero-order valence-corrected chi connectivity index (χ0v) is 17.8. The number of ether oxygens (including phenoxy) is 2. The van der Waals surface area contributed by atoms with Crippen molar-refractivity contribution in [1.82, 2.24) is 9.88 Å². The normalized spacial score (nSPS) is 24.6. The largest absolute Gasteiger partial charge is 0.490 e. The van der Waals surface area contributed by atoms with E-state index < -0.39 is 24.3 Å². The van der Waals surface area contributed by atoms with Gasteiger partial charge in [0, 0.05) is 31.9 Å². The Kier molecular flexibility index (Phi) is 9.50. The number of hydrogen-bond donors (Lipinski definition) is 2. The summed E-state index contributed by atoms with van der Waals surface area (Å²) in [7, 11) is 0. The molecule has 4 rings (SSSR count). The number of nitrogens with zero attached hydrogens (tertiary/aromatic N) is 2. The number of aromatic nitrogens is 1. The highest BCUT2D eigenvalue weighted by atomic mass is 19.4. The highest BCUT2D eigenvalue weighted by molar-refractivity contribution is 5.73. The lowest BCUT2D eigenvalue weighted by Gasteiger charge is -2.32. The molecule has 14 heteroatoms. The quantitative estimate of drug-likeness (QED) is 0.604. The Labute approximate surface area is 190 Å². The first-order valence-electron chi connectivity index (χ1n) is 10.3. The van der Waals surface area contributed by atoms with Gasteiger partial charge in [-0.1, -0.05) is 0 Å². The summed E-state index contributed by atoms with van der Waals surface area (Å²) in [6, 6.07) is 4.46. The van der Waals surface area contributed by atoms with Crippen LogP contribution in [-0.4, -0.2) is 82.3 Å². The number of hydrogen-bond acceptors (Lipinski definition) is 6. The second-order valence-electron chi connectivity index (χ2n) is 7.89. The molecule has 192 valence electrons. The molecule has 1 saturated carbocycles. The maximum absolute atomic E-state index is 10.6. The van der Waals surface area contributed by atoms with E-state index >= 15 is 0 Å². The fourth-order valence-electron chi connectivity index (χ4n) is 3.54. The van der Waals surface area contributed by atoms with Crippen molar-refractivity contribution in [3.8, 4) is 5.75 Å². The van der Waals surface area contributed by atoms with E-state index in [9.17, 15) is 26.3 Å². The molecule has 3 aliphatic rings. The molecule has 2 saturated heterocycles. The molecule has 0 unspecified atom stereocenters. The SMILES string of the molecule is O=C(O)C(F)(F)F.O=C(O)C(F)(F)F.c1cncc(O[C@H]2CN(CC3CC3)[C@H]3CCCO[C@H]23)c1. The van der Waals surface area contributed by atoms with Crippen molar-refractivity contribution in [2.24, 2.45) is 5.92 Å². The molecule has 0 bridgehead atoms. The van der Waals surface area contributed by atoms with Gasteiger partial charge in [0.2, 0.25) is 0 Å². The maximum atomic E-state index is 10.6. The van der Waals surface area contributed by atoms with E-state index in [1.807, 2.05) is 12.1 Å². The number of carbonyl (C=O) groups is 2. The summed E-state index contributed by atoms with van der Waals surface area (Å²) in [5.74, 6) is -3.73. The Morgan fingerprint density at radius 2 is 1.68 bits per heavy atom. The van der Waals surface area contributed by atoms with Crippen LogP contribution in [0.1, 0.15) is 25.7 Å². The van der Waals surface area contributed by atoms with E-state index in [0.717, 1.165) is 24.8 Å². The van der Waals surface area contributed by atoms with Gasteiger partial charge in [0.1, 0.15) is 18.0 Å². The van der Waals surface area contributed by atoms with Gasteiger partial charge in [-0.3, -0.25) is 9.88 Å². The molecule has 2 aliphatic heterocycles.